The van der Waals surface area contributed by atoms with Gasteiger partial charge in [0.05, 0.1) is 0 Å². The molecule has 0 saturated heterocycles. The Labute approximate surface area is 199 Å². The zero-order valence-electron chi connectivity index (χ0n) is 19.7. The van der Waals surface area contributed by atoms with Crippen LogP contribution in [-0.4, -0.2) is 48.1 Å². The average Bonchev–Trinajstić information content (AvgIpc) is 3.34. The van der Waals surface area contributed by atoms with Crippen molar-refractivity contribution < 1.29 is 19.1 Å². The molecule has 176 valence electrons. The summed E-state index contributed by atoms with van der Waals surface area (Å²) in [6.45, 7) is 4.65. The molecule has 1 aromatic heterocycles. The molecule has 0 saturated carbocycles. The van der Waals surface area contributed by atoms with E-state index in [0.717, 1.165) is 5.56 Å². The van der Waals surface area contributed by atoms with E-state index in [1.54, 1.807) is 47.5 Å². The number of rotatable bonds is 8. The standard InChI is InChI=1S/C27H29N3O4/c1-27(2,17-29-25(31)21-11-7-8-14-28-21)24(15-19-9-5-4-6-10-19)30(3)26(32)20-12-13-22-23(16-20)34-18-33-22/h4-14,16,24H,15,17-18H2,1-3H3,(H,29,31). The highest BCUT2D eigenvalue weighted by atomic mass is 16.7. The maximum absolute atomic E-state index is 13.5. The van der Waals surface area contributed by atoms with Gasteiger partial charge in [-0.1, -0.05) is 50.2 Å². The van der Waals surface area contributed by atoms with Crippen LogP contribution in [0.2, 0.25) is 0 Å². The number of ether oxygens (including phenoxy) is 2. The summed E-state index contributed by atoms with van der Waals surface area (Å²) in [5.41, 5.74) is 1.56. The minimum absolute atomic E-state index is 0.122. The molecule has 2 heterocycles. The van der Waals surface area contributed by atoms with Crippen LogP contribution in [0.1, 0.15) is 40.3 Å². The number of aromatic nitrogens is 1. The smallest absolute Gasteiger partial charge is 0.269 e. The van der Waals surface area contributed by atoms with Crippen molar-refractivity contribution in [3.8, 4) is 11.5 Å². The molecule has 2 amide bonds. The Morgan fingerprint density at radius 3 is 2.50 bits per heavy atom. The number of likely N-dealkylation sites (N-methyl/N-ethyl adjacent to an activating group) is 1. The highest BCUT2D eigenvalue weighted by Crippen LogP contribution is 2.34. The number of hydrogen-bond acceptors (Lipinski definition) is 5. The third kappa shape index (κ3) is 5.20. The fourth-order valence-electron chi connectivity index (χ4n) is 4.16. The Balaban J connectivity index is 1.56. The molecule has 1 N–H and O–H groups in total. The molecule has 0 aliphatic carbocycles. The number of benzene rings is 2. The van der Waals surface area contributed by atoms with Gasteiger partial charge in [-0.2, -0.15) is 0 Å². The second-order valence-corrected chi connectivity index (χ2v) is 9.08. The highest BCUT2D eigenvalue weighted by Gasteiger charge is 2.36. The molecule has 1 unspecified atom stereocenters. The van der Waals surface area contributed by atoms with E-state index < -0.39 is 5.41 Å². The Morgan fingerprint density at radius 2 is 1.76 bits per heavy atom. The van der Waals surface area contributed by atoms with Gasteiger partial charge in [0.2, 0.25) is 6.79 Å². The second-order valence-electron chi connectivity index (χ2n) is 9.08. The van der Waals surface area contributed by atoms with Crippen molar-refractivity contribution >= 4 is 11.8 Å². The Morgan fingerprint density at radius 1 is 1.03 bits per heavy atom. The summed E-state index contributed by atoms with van der Waals surface area (Å²) in [6, 6.07) is 20.3. The van der Waals surface area contributed by atoms with Crippen LogP contribution >= 0.6 is 0 Å². The van der Waals surface area contributed by atoms with Gasteiger partial charge < -0.3 is 19.7 Å². The molecule has 1 atom stereocenters. The molecule has 4 rings (SSSR count). The number of carbonyl (C=O) groups is 2. The molecule has 0 fully saturated rings. The number of nitrogens with zero attached hydrogens (tertiary/aromatic N) is 2. The Hall–Kier alpha value is -3.87. The first kappa shape index (κ1) is 23.3. The first-order chi connectivity index (χ1) is 16.3. The van der Waals surface area contributed by atoms with E-state index >= 15 is 0 Å². The minimum atomic E-state index is -0.443. The van der Waals surface area contributed by atoms with Crippen molar-refractivity contribution in [2.24, 2.45) is 5.41 Å². The van der Waals surface area contributed by atoms with Crippen molar-refractivity contribution in [1.29, 1.82) is 0 Å². The van der Waals surface area contributed by atoms with Crippen molar-refractivity contribution in [2.75, 3.05) is 20.4 Å². The number of pyridine rings is 1. The van der Waals surface area contributed by atoms with E-state index in [1.807, 2.05) is 25.2 Å². The first-order valence-electron chi connectivity index (χ1n) is 11.2. The van der Waals surface area contributed by atoms with Gasteiger partial charge >= 0.3 is 0 Å². The number of carbonyl (C=O) groups excluding carboxylic acids is 2. The first-order valence-corrected chi connectivity index (χ1v) is 11.2. The molecular formula is C27H29N3O4. The van der Waals surface area contributed by atoms with Crippen molar-refractivity contribution in [3.63, 3.8) is 0 Å². The summed E-state index contributed by atoms with van der Waals surface area (Å²) in [4.78, 5) is 32.0. The molecule has 1 aliphatic heterocycles. The van der Waals surface area contributed by atoms with Gasteiger partial charge in [0.15, 0.2) is 11.5 Å². The van der Waals surface area contributed by atoms with Crippen molar-refractivity contribution in [1.82, 2.24) is 15.2 Å². The number of hydrogen-bond donors (Lipinski definition) is 1. The molecule has 7 heteroatoms. The molecule has 0 radical (unpaired) electrons. The molecule has 7 nitrogen and oxygen atoms in total. The number of amides is 2. The van der Waals surface area contributed by atoms with Crippen LogP contribution in [0.3, 0.4) is 0 Å². The molecule has 2 aromatic carbocycles. The van der Waals surface area contributed by atoms with Gasteiger partial charge in [0, 0.05) is 36.8 Å². The zero-order chi connectivity index (χ0) is 24.1. The minimum Gasteiger partial charge on any atom is -0.454 e. The summed E-state index contributed by atoms with van der Waals surface area (Å²) >= 11 is 0. The average molecular weight is 460 g/mol. The number of nitrogens with one attached hydrogen (secondary N) is 1. The predicted molar refractivity (Wildman–Crippen MR) is 129 cm³/mol. The summed E-state index contributed by atoms with van der Waals surface area (Å²) < 4.78 is 10.8. The predicted octanol–water partition coefficient (Wildman–Crippen LogP) is 3.95. The second kappa shape index (κ2) is 9.95. The molecule has 34 heavy (non-hydrogen) atoms. The zero-order valence-corrected chi connectivity index (χ0v) is 19.7. The summed E-state index contributed by atoms with van der Waals surface area (Å²) in [6.07, 6.45) is 2.23. The largest absolute Gasteiger partial charge is 0.454 e. The normalized spacial score (nSPS) is 13.3. The lowest BCUT2D eigenvalue weighted by atomic mass is 9.79. The third-order valence-corrected chi connectivity index (χ3v) is 6.18. The van der Waals surface area contributed by atoms with Crippen molar-refractivity contribution in [2.45, 2.75) is 26.3 Å². The molecule has 3 aromatic rings. The van der Waals surface area contributed by atoms with E-state index in [-0.39, 0.29) is 24.6 Å². The Bertz CT molecular complexity index is 1150. The van der Waals surface area contributed by atoms with E-state index in [1.165, 1.54) is 0 Å². The van der Waals surface area contributed by atoms with Crippen LogP contribution in [0.4, 0.5) is 0 Å². The molecule has 0 spiro atoms. The van der Waals surface area contributed by atoms with Gasteiger partial charge in [-0.25, -0.2) is 0 Å². The topological polar surface area (TPSA) is 80.8 Å². The van der Waals surface area contributed by atoms with E-state index in [4.69, 9.17) is 9.47 Å². The maximum Gasteiger partial charge on any atom is 0.269 e. The maximum atomic E-state index is 13.5. The molecule has 1 aliphatic rings. The molecular weight excluding hydrogens is 430 g/mol. The summed E-state index contributed by atoms with van der Waals surface area (Å²) in [5, 5.41) is 3.00. The van der Waals surface area contributed by atoms with E-state index in [0.29, 0.717) is 35.7 Å². The quantitative estimate of drug-likeness (QED) is 0.552. The van der Waals surface area contributed by atoms with Crippen LogP contribution in [0, 0.1) is 5.41 Å². The lowest BCUT2D eigenvalue weighted by molar-refractivity contribution is 0.0561. The Kier molecular flexibility index (Phi) is 6.82. The monoisotopic (exact) mass is 459 g/mol. The van der Waals surface area contributed by atoms with Crippen LogP contribution in [0.5, 0.6) is 11.5 Å². The fraction of sp³-hybridized carbons (Fsp3) is 0.296. The van der Waals surface area contributed by atoms with Crippen LogP contribution in [0.25, 0.3) is 0 Å². The van der Waals surface area contributed by atoms with E-state index in [2.05, 4.69) is 36.3 Å². The lowest BCUT2D eigenvalue weighted by Crippen LogP contribution is -2.52. The lowest BCUT2D eigenvalue weighted by Gasteiger charge is -2.41. The van der Waals surface area contributed by atoms with Gasteiger partial charge in [0.1, 0.15) is 5.69 Å². The van der Waals surface area contributed by atoms with Crippen LogP contribution in [-0.2, 0) is 6.42 Å². The van der Waals surface area contributed by atoms with Crippen LogP contribution < -0.4 is 14.8 Å². The fourth-order valence-corrected chi connectivity index (χ4v) is 4.16. The van der Waals surface area contributed by atoms with Gasteiger partial charge in [0.25, 0.3) is 11.8 Å². The van der Waals surface area contributed by atoms with Gasteiger partial charge in [-0.05, 0) is 42.3 Å². The highest BCUT2D eigenvalue weighted by molar-refractivity contribution is 5.95. The molecule has 0 bridgehead atoms. The van der Waals surface area contributed by atoms with Gasteiger partial charge in [-0.3, -0.25) is 14.6 Å². The SMILES string of the molecule is CN(C(=O)c1ccc2c(c1)OCO2)C(Cc1ccccc1)C(C)(C)CNC(=O)c1ccccn1. The summed E-state index contributed by atoms with van der Waals surface area (Å²) in [5.74, 6) is 0.846. The van der Waals surface area contributed by atoms with Gasteiger partial charge in [-0.15, -0.1) is 0 Å². The number of fused-ring (bicyclic) bond motifs is 1. The van der Waals surface area contributed by atoms with Crippen LogP contribution in [0.15, 0.2) is 72.9 Å². The third-order valence-electron chi connectivity index (χ3n) is 6.18. The van der Waals surface area contributed by atoms with Crippen molar-refractivity contribution in [3.05, 3.63) is 89.7 Å². The summed E-state index contributed by atoms with van der Waals surface area (Å²) in [7, 11) is 1.81. The van der Waals surface area contributed by atoms with E-state index in [9.17, 15) is 9.59 Å².